The molecule has 0 saturated heterocycles. The lowest BCUT2D eigenvalue weighted by Crippen LogP contribution is -2.44. The van der Waals surface area contributed by atoms with Gasteiger partial charge in [-0.25, -0.2) is 0 Å². The summed E-state index contributed by atoms with van der Waals surface area (Å²) in [6.45, 7) is 4.67. The molecule has 31 heavy (non-hydrogen) atoms. The minimum absolute atomic E-state index is 0.155. The number of nitrogens with one attached hydrogen (secondary N) is 2. The van der Waals surface area contributed by atoms with Gasteiger partial charge in [-0.3, -0.25) is 0 Å². The Balaban J connectivity index is 1.20. The number of hydrogen-bond donors (Lipinski definition) is 2. The van der Waals surface area contributed by atoms with Gasteiger partial charge in [-0.05, 0) is 42.0 Å². The van der Waals surface area contributed by atoms with Crippen LogP contribution in [0.4, 0.5) is 21.6 Å². The van der Waals surface area contributed by atoms with Crippen LogP contribution in [0.3, 0.4) is 0 Å². The van der Waals surface area contributed by atoms with Crippen LogP contribution in [0.1, 0.15) is 36.2 Å². The highest BCUT2D eigenvalue weighted by Crippen LogP contribution is 2.58. The zero-order valence-electron chi connectivity index (χ0n) is 17.4. The monoisotopic (exact) mass is 448 g/mol. The van der Waals surface area contributed by atoms with E-state index in [0.717, 1.165) is 44.5 Å². The summed E-state index contributed by atoms with van der Waals surface area (Å²) in [5.74, 6) is 0.987. The first-order valence-electron chi connectivity index (χ1n) is 10.4. The Morgan fingerprint density at radius 2 is 1.39 bits per heavy atom. The zero-order valence-corrected chi connectivity index (χ0v) is 19.1. The molecule has 6 nitrogen and oxygen atoms in total. The van der Waals surface area contributed by atoms with E-state index in [9.17, 15) is 0 Å². The lowest BCUT2D eigenvalue weighted by molar-refractivity contribution is 0.0329. The average Bonchev–Trinajstić information content (AvgIpc) is 3.41. The van der Waals surface area contributed by atoms with Crippen molar-refractivity contribution in [2.75, 3.05) is 10.6 Å². The van der Waals surface area contributed by atoms with Crippen LogP contribution in [0.5, 0.6) is 0 Å². The fourth-order valence-electron chi connectivity index (χ4n) is 4.09. The molecule has 158 valence electrons. The molecule has 1 aliphatic rings. The minimum atomic E-state index is 0.155. The third-order valence-electron chi connectivity index (χ3n) is 6.15. The predicted octanol–water partition coefficient (Wildman–Crippen LogP) is 6.25. The first-order chi connectivity index (χ1) is 15.1. The van der Waals surface area contributed by atoms with Crippen molar-refractivity contribution in [2.45, 2.75) is 32.6 Å². The third-order valence-corrected chi connectivity index (χ3v) is 7.96. The molecule has 8 heteroatoms. The number of nitrogens with zero attached hydrogens (tertiary/aromatic N) is 4. The third kappa shape index (κ3) is 4.31. The first kappa shape index (κ1) is 20.1. The normalized spacial score (nSPS) is 19.5. The van der Waals surface area contributed by atoms with Crippen molar-refractivity contribution in [1.82, 2.24) is 20.4 Å². The fraction of sp³-hybridized carbons (Fsp3) is 0.304. The Hall–Kier alpha value is -2.84. The standard InChI is InChI=1S/C23H24N6S2/c1-23(2)15(14-19-26-28-21(30-19)24-16-9-5-3-6-10-16)13-18(23)20-27-29-22(31-20)25-17-11-7-4-8-12-17/h3-12,15,18H,13-14H2,1-2H3,(H,24,28)(H,25,29). The molecule has 2 unspecified atom stereocenters. The van der Waals surface area contributed by atoms with Crippen LogP contribution in [0.2, 0.25) is 0 Å². The lowest BCUT2D eigenvalue weighted by atomic mass is 9.54. The van der Waals surface area contributed by atoms with Crippen molar-refractivity contribution in [3.63, 3.8) is 0 Å². The summed E-state index contributed by atoms with van der Waals surface area (Å²) in [4.78, 5) is 0. The highest BCUT2D eigenvalue weighted by Gasteiger charge is 2.50. The van der Waals surface area contributed by atoms with Crippen LogP contribution in [0.25, 0.3) is 0 Å². The maximum absolute atomic E-state index is 4.49. The van der Waals surface area contributed by atoms with Gasteiger partial charge in [0.15, 0.2) is 0 Å². The Bertz CT molecular complexity index is 1140. The van der Waals surface area contributed by atoms with Crippen LogP contribution < -0.4 is 10.6 Å². The van der Waals surface area contributed by atoms with Gasteiger partial charge in [-0.2, -0.15) is 0 Å². The van der Waals surface area contributed by atoms with Gasteiger partial charge < -0.3 is 10.6 Å². The molecule has 5 rings (SSSR count). The number of para-hydroxylation sites is 2. The predicted molar refractivity (Wildman–Crippen MR) is 128 cm³/mol. The molecule has 2 atom stereocenters. The number of anilines is 4. The van der Waals surface area contributed by atoms with Crippen LogP contribution >= 0.6 is 22.7 Å². The molecule has 4 aromatic rings. The molecule has 2 heterocycles. The van der Waals surface area contributed by atoms with Gasteiger partial charge in [0.05, 0.1) is 0 Å². The van der Waals surface area contributed by atoms with Crippen molar-refractivity contribution in [3.05, 3.63) is 70.7 Å². The molecule has 0 amide bonds. The second-order valence-electron chi connectivity index (χ2n) is 8.44. The topological polar surface area (TPSA) is 75.6 Å². The van der Waals surface area contributed by atoms with Gasteiger partial charge in [-0.1, -0.05) is 72.9 Å². The molecule has 1 aliphatic carbocycles. The molecule has 1 fully saturated rings. The maximum Gasteiger partial charge on any atom is 0.210 e. The molecule has 1 saturated carbocycles. The van der Waals surface area contributed by atoms with Gasteiger partial charge in [0.2, 0.25) is 10.3 Å². The smallest absolute Gasteiger partial charge is 0.210 e. The van der Waals surface area contributed by atoms with Crippen LogP contribution in [-0.4, -0.2) is 20.4 Å². The van der Waals surface area contributed by atoms with Crippen molar-refractivity contribution in [3.8, 4) is 0 Å². The van der Waals surface area contributed by atoms with Crippen molar-refractivity contribution in [1.29, 1.82) is 0 Å². The fourth-order valence-corrected chi connectivity index (χ4v) is 6.01. The van der Waals surface area contributed by atoms with Gasteiger partial charge in [0, 0.05) is 23.7 Å². The van der Waals surface area contributed by atoms with Crippen molar-refractivity contribution >= 4 is 44.3 Å². The van der Waals surface area contributed by atoms with Crippen molar-refractivity contribution < 1.29 is 0 Å². The summed E-state index contributed by atoms with van der Waals surface area (Å²) in [7, 11) is 0. The summed E-state index contributed by atoms with van der Waals surface area (Å²) in [5, 5.41) is 28.2. The Morgan fingerprint density at radius 3 is 2.00 bits per heavy atom. The Morgan fingerprint density at radius 1 is 0.806 bits per heavy atom. The molecular formula is C23H24N6S2. The maximum atomic E-state index is 4.49. The summed E-state index contributed by atoms with van der Waals surface area (Å²) < 4.78 is 0. The van der Waals surface area contributed by atoms with E-state index in [1.165, 1.54) is 0 Å². The molecule has 0 radical (unpaired) electrons. The second kappa shape index (κ2) is 8.36. The van der Waals surface area contributed by atoms with E-state index in [1.54, 1.807) is 22.7 Å². The van der Waals surface area contributed by atoms with E-state index >= 15 is 0 Å². The molecule has 2 N–H and O–H groups in total. The van der Waals surface area contributed by atoms with Gasteiger partial charge >= 0.3 is 0 Å². The van der Waals surface area contributed by atoms with Crippen LogP contribution in [0.15, 0.2) is 60.7 Å². The largest absolute Gasteiger partial charge is 0.330 e. The Labute approximate surface area is 189 Å². The molecule has 0 spiro atoms. The quantitative estimate of drug-likeness (QED) is 0.348. The number of rotatable bonds is 7. The van der Waals surface area contributed by atoms with Crippen LogP contribution in [-0.2, 0) is 6.42 Å². The molecule has 2 aromatic heterocycles. The van der Waals surface area contributed by atoms with Gasteiger partial charge in [-0.15, -0.1) is 20.4 Å². The summed E-state index contributed by atoms with van der Waals surface area (Å²) in [6, 6.07) is 20.2. The lowest BCUT2D eigenvalue weighted by Gasteiger charge is -2.51. The molecule has 0 bridgehead atoms. The highest BCUT2D eigenvalue weighted by molar-refractivity contribution is 7.15. The number of benzene rings is 2. The number of aromatic nitrogens is 4. The second-order valence-corrected chi connectivity index (χ2v) is 10.5. The van der Waals surface area contributed by atoms with E-state index < -0.39 is 0 Å². The van der Waals surface area contributed by atoms with E-state index in [-0.39, 0.29) is 5.41 Å². The minimum Gasteiger partial charge on any atom is -0.330 e. The average molecular weight is 449 g/mol. The summed E-state index contributed by atoms with van der Waals surface area (Å²) >= 11 is 3.30. The van der Waals surface area contributed by atoms with Gasteiger partial charge in [0.25, 0.3) is 0 Å². The van der Waals surface area contributed by atoms with Crippen molar-refractivity contribution in [2.24, 2.45) is 11.3 Å². The van der Waals surface area contributed by atoms with E-state index in [0.29, 0.717) is 11.8 Å². The number of hydrogen-bond acceptors (Lipinski definition) is 8. The van der Waals surface area contributed by atoms with Crippen LogP contribution in [0, 0.1) is 11.3 Å². The van der Waals surface area contributed by atoms with E-state index in [1.807, 2.05) is 60.7 Å². The van der Waals surface area contributed by atoms with E-state index in [2.05, 4.69) is 44.9 Å². The SMILES string of the molecule is CC1(C)C(Cc2nnc(Nc3ccccc3)s2)CC1c1nnc(Nc2ccccc2)s1. The first-order valence-corrected chi connectivity index (χ1v) is 12.0. The summed E-state index contributed by atoms with van der Waals surface area (Å²) in [6.07, 6.45) is 2.06. The highest BCUT2D eigenvalue weighted by atomic mass is 32.1. The molecular weight excluding hydrogens is 424 g/mol. The Kier molecular flexibility index (Phi) is 5.41. The van der Waals surface area contributed by atoms with Gasteiger partial charge in [0.1, 0.15) is 10.0 Å². The van der Waals surface area contributed by atoms with E-state index in [4.69, 9.17) is 0 Å². The molecule has 2 aromatic carbocycles. The zero-order chi connectivity index (χ0) is 21.3. The summed E-state index contributed by atoms with van der Waals surface area (Å²) in [5.41, 5.74) is 2.22. The molecule has 0 aliphatic heterocycles.